The molecule has 1 aliphatic rings. The lowest BCUT2D eigenvalue weighted by molar-refractivity contribution is 0.0497. The molecule has 4 aromatic rings. The summed E-state index contributed by atoms with van der Waals surface area (Å²) in [5.74, 6) is 0.646. The Morgan fingerprint density at radius 1 is 1.04 bits per heavy atom. The fourth-order valence-electron chi connectivity index (χ4n) is 5.33. The van der Waals surface area contributed by atoms with Crippen LogP contribution in [-0.2, 0) is 11.3 Å². The fraction of sp³-hybridized carbons (Fsp3) is 0.306. The molecule has 1 fully saturated rings. The van der Waals surface area contributed by atoms with Crippen molar-refractivity contribution >= 4 is 11.9 Å². The standard InChI is InChI=1S/C36H37FN4O5/c1-36(2,3)46-35(43)39-27-14-16-41(17-15-27)32-20-31(45-22-23-8-6-5-7-9-23)33(24-12-13-30(44-4)29(42)19-24)34(40-32)25-10-11-26(21-38)28(37)18-25/h5-13,18-20,27,42H,14-17,22H2,1-4H3,(H,39,43). The van der Waals surface area contributed by atoms with Crippen molar-refractivity contribution in [2.75, 3.05) is 25.1 Å². The molecule has 0 unspecified atom stereocenters. The Morgan fingerprint density at radius 2 is 1.76 bits per heavy atom. The summed E-state index contributed by atoms with van der Waals surface area (Å²) in [7, 11) is 1.47. The van der Waals surface area contributed by atoms with Gasteiger partial charge in [-0.1, -0.05) is 42.5 Å². The molecule has 1 aromatic heterocycles. The Balaban J connectivity index is 1.57. The third-order valence-electron chi connectivity index (χ3n) is 7.58. The van der Waals surface area contributed by atoms with E-state index < -0.39 is 17.5 Å². The molecule has 9 nitrogen and oxygen atoms in total. The van der Waals surface area contributed by atoms with Crippen LogP contribution in [0.15, 0.2) is 72.8 Å². The van der Waals surface area contributed by atoms with Gasteiger partial charge >= 0.3 is 6.09 Å². The van der Waals surface area contributed by atoms with E-state index in [1.54, 1.807) is 24.3 Å². The predicted molar refractivity (Wildman–Crippen MR) is 173 cm³/mol. The number of phenols is 1. The van der Waals surface area contributed by atoms with Gasteiger partial charge in [0, 0.05) is 30.8 Å². The molecule has 0 spiro atoms. The highest BCUT2D eigenvalue weighted by Crippen LogP contribution is 2.44. The van der Waals surface area contributed by atoms with Gasteiger partial charge in [-0.25, -0.2) is 14.2 Å². The molecular weight excluding hydrogens is 587 g/mol. The van der Waals surface area contributed by atoms with Crippen molar-refractivity contribution < 1.29 is 28.5 Å². The minimum atomic E-state index is -0.670. The number of nitrogens with one attached hydrogen (secondary N) is 1. The molecule has 1 amide bonds. The van der Waals surface area contributed by atoms with Gasteiger partial charge in [0.1, 0.15) is 35.7 Å². The minimum Gasteiger partial charge on any atom is -0.504 e. The Morgan fingerprint density at radius 3 is 2.39 bits per heavy atom. The number of carbonyl (C=O) groups excluding carboxylic acids is 1. The number of aromatic hydroxyl groups is 1. The smallest absolute Gasteiger partial charge is 0.407 e. The number of benzene rings is 3. The van der Waals surface area contributed by atoms with E-state index in [9.17, 15) is 15.2 Å². The number of carbonyl (C=O) groups is 1. The van der Waals surface area contributed by atoms with E-state index in [-0.39, 0.29) is 24.0 Å². The number of nitriles is 1. The number of halogens is 1. The fourth-order valence-corrected chi connectivity index (χ4v) is 5.33. The van der Waals surface area contributed by atoms with E-state index in [1.807, 2.05) is 63.2 Å². The number of phenolic OH excluding ortho intramolecular Hbond substituents is 1. The number of anilines is 1. The quantitative estimate of drug-likeness (QED) is 0.211. The van der Waals surface area contributed by atoms with Gasteiger partial charge in [0.05, 0.1) is 23.9 Å². The highest BCUT2D eigenvalue weighted by molar-refractivity contribution is 5.88. The van der Waals surface area contributed by atoms with Crippen LogP contribution in [0.3, 0.4) is 0 Å². The van der Waals surface area contributed by atoms with Crippen LogP contribution in [-0.4, -0.2) is 48.0 Å². The summed E-state index contributed by atoms with van der Waals surface area (Å²) in [4.78, 5) is 19.5. The number of methoxy groups -OCH3 is 1. The number of ether oxygens (including phenoxy) is 3. The zero-order chi connectivity index (χ0) is 32.8. The molecule has 238 valence electrons. The zero-order valence-corrected chi connectivity index (χ0v) is 26.3. The van der Waals surface area contributed by atoms with Crippen LogP contribution in [0.2, 0.25) is 0 Å². The molecule has 46 heavy (non-hydrogen) atoms. The van der Waals surface area contributed by atoms with Crippen LogP contribution in [0.25, 0.3) is 22.4 Å². The number of hydrogen-bond acceptors (Lipinski definition) is 8. The highest BCUT2D eigenvalue weighted by Gasteiger charge is 2.27. The van der Waals surface area contributed by atoms with E-state index in [0.717, 1.165) is 5.56 Å². The largest absolute Gasteiger partial charge is 0.504 e. The molecule has 1 saturated heterocycles. The minimum absolute atomic E-state index is 0.0615. The van der Waals surface area contributed by atoms with E-state index >= 15 is 4.39 Å². The molecule has 2 N–H and O–H groups in total. The Bertz CT molecular complexity index is 1740. The van der Waals surface area contributed by atoms with Crippen LogP contribution >= 0.6 is 0 Å². The maximum atomic E-state index is 15.0. The molecule has 0 radical (unpaired) electrons. The van der Waals surface area contributed by atoms with Crippen molar-refractivity contribution in [2.24, 2.45) is 0 Å². The predicted octanol–water partition coefficient (Wildman–Crippen LogP) is 7.21. The molecule has 5 rings (SSSR count). The molecule has 3 aromatic carbocycles. The van der Waals surface area contributed by atoms with Crippen molar-refractivity contribution in [1.29, 1.82) is 5.26 Å². The van der Waals surface area contributed by atoms with Crippen molar-refractivity contribution in [3.8, 4) is 45.7 Å². The topological polar surface area (TPSA) is 117 Å². The van der Waals surface area contributed by atoms with Crippen molar-refractivity contribution in [1.82, 2.24) is 10.3 Å². The van der Waals surface area contributed by atoms with E-state index in [2.05, 4.69) is 10.2 Å². The zero-order valence-electron chi connectivity index (χ0n) is 26.3. The summed E-state index contributed by atoms with van der Waals surface area (Å²) in [6, 6.07) is 22.7. The van der Waals surface area contributed by atoms with Crippen LogP contribution in [0, 0.1) is 17.1 Å². The number of piperidine rings is 1. The summed E-state index contributed by atoms with van der Waals surface area (Å²) in [6.07, 6.45) is 0.879. The number of nitrogens with zero attached hydrogens (tertiary/aromatic N) is 3. The average Bonchev–Trinajstić information content (AvgIpc) is 3.03. The van der Waals surface area contributed by atoms with Gasteiger partial charge in [0.2, 0.25) is 0 Å². The molecule has 0 atom stereocenters. The molecule has 1 aliphatic heterocycles. The highest BCUT2D eigenvalue weighted by atomic mass is 19.1. The SMILES string of the molecule is COc1ccc(-c2c(OCc3ccccc3)cc(N3CCC(NC(=O)OC(C)(C)C)CC3)nc2-c2ccc(C#N)c(F)c2)cc1O. The summed E-state index contributed by atoms with van der Waals surface area (Å²) in [5, 5.41) is 23.0. The maximum absolute atomic E-state index is 15.0. The first-order chi connectivity index (χ1) is 22.0. The maximum Gasteiger partial charge on any atom is 0.407 e. The number of pyridine rings is 1. The summed E-state index contributed by atoms with van der Waals surface area (Å²) >= 11 is 0. The monoisotopic (exact) mass is 624 g/mol. The Kier molecular flexibility index (Phi) is 9.61. The lowest BCUT2D eigenvalue weighted by Gasteiger charge is -2.34. The van der Waals surface area contributed by atoms with Crippen LogP contribution < -0.4 is 19.7 Å². The third kappa shape index (κ3) is 7.67. The van der Waals surface area contributed by atoms with Crippen LogP contribution in [0.1, 0.15) is 44.7 Å². The second-order valence-corrected chi connectivity index (χ2v) is 12.1. The third-order valence-corrected chi connectivity index (χ3v) is 7.58. The van der Waals surface area contributed by atoms with E-state index in [0.29, 0.717) is 65.6 Å². The first kappa shape index (κ1) is 32.1. The van der Waals surface area contributed by atoms with Crippen LogP contribution in [0.5, 0.6) is 17.2 Å². The lowest BCUT2D eigenvalue weighted by Crippen LogP contribution is -2.46. The Hall–Kier alpha value is -5.30. The van der Waals surface area contributed by atoms with Crippen LogP contribution in [0.4, 0.5) is 15.0 Å². The van der Waals surface area contributed by atoms with Crippen molar-refractivity contribution in [3.63, 3.8) is 0 Å². The van der Waals surface area contributed by atoms with Gasteiger partial charge in [-0.15, -0.1) is 0 Å². The number of hydrogen-bond donors (Lipinski definition) is 2. The first-order valence-electron chi connectivity index (χ1n) is 15.1. The number of aromatic nitrogens is 1. The van der Waals surface area contributed by atoms with Gasteiger partial charge in [-0.3, -0.25) is 0 Å². The second kappa shape index (κ2) is 13.8. The molecule has 2 heterocycles. The normalized spacial score (nSPS) is 13.5. The van der Waals surface area contributed by atoms with E-state index in [4.69, 9.17) is 19.2 Å². The Labute approximate surface area is 268 Å². The molecule has 0 aliphatic carbocycles. The first-order valence-corrected chi connectivity index (χ1v) is 15.1. The summed E-state index contributed by atoms with van der Waals surface area (Å²) in [6.45, 7) is 6.92. The van der Waals surface area contributed by atoms with Crippen molar-refractivity contribution in [2.45, 2.75) is 51.9 Å². The van der Waals surface area contributed by atoms with E-state index in [1.165, 1.54) is 19.2 Å². The second-order valence-electron chi connectivity index (χ2n) is 12.1. The van der Waals surface area contributed by atoms with Gasteiger partial charge in [0.25, 0.3) is 0 Å². The molecule has 0 bridgehead atoms. The van der Waals surface area contributed by atoms with Gasteiger partial charge in [-0.05, 0) is 69.0 Å². The van der Waals surface area contributed by atoms with Gasteiger partial charge in [-0.2, -0.15) is 5.26 Å². The number of rotatable bonds is 8. The number of alkyl carbamates (subject to hydrolysis) is 1. The summed E-state index contributed by atoms with van der Waals surface area (Å²) < 4.78 is 32.2. The lowest BCUT2D eigenvalue weighted by atomic mass is 9.96. The average molecular weight is 625 g/mol. The van der Waals surface area contributed by atoms with Gasteiger partial charge in [0.15, 0.2) is 11.5 Å². The molecule has 0 saturated carbocycles. The van der Waals surface area contributed by atoms with Gasteiger partial charge < -0.3 is 29.5 Å². The number of amides is 1. The molecular formula is C36H37FN4O5. The molecule has 10 heteroatoms. The summed E-state index contributed by atoms with van der Waals surface area (Å²) in [5.41, 5.74) is 2.27. The van der Waals surface area contributed by atoms with Crippen molar-refractivity contribution in [3.05, 3.63) is 89.7 Å².